The highest BCUT2D eigenvalue weighted by molar-refractivity contribution is 5.81. The third-order valence-corrected chi connectivity index (χ3v) is 6.12. The SMILES string of the molecule is COC(=O)C[N@@+]1(C)CC[C@H](OC(=O)[C@@](O)(c2ccccc2)C2CCCC2)C1.[Br-]. The van der Waals surface area contributed by atoms with E-state index in [-0.39, 0.29) is 41.5 Å². The Hall–Kier alpha value is -1.44. The second-order valence-electron chi connectivity index (χ2n) is 8.19. The molecule has 7 heteroatoms. The Morgan fingerprint density at radius 2 is 1.82 bits per heavy atom. The van der Waals surface area contributed by atoms with Gasteiger partial charge in [-0.2, -0.15) is 0 Å². The van der Waals surface area contributed by atoms with Gasteiger partial charge in [0.15, 0.2) is 18.2 Å². The van der Waals surface area contributed by atoms with Gasteiger partial charge in [0.25, 0.3) is 0 Å². The molecule has 2 aliphatic rings. The minimum atomic E-state index is -1.61. The van der Waals surface area contributed by atoms with Gasteiger partial charge in [-0.15, -0.1) is 0 Å². The van der Waals surface area contributed by atoms with Crippen molar-refractivity contribution in [1.82, 2.24) is 0 Å². The van der Waals surface area contributed by atoms with E-state index in [1.165, 1.54) is 7.11 Å². The number of methoxy groups -OCH3 is 1. The molecule has 156 valence electrons. The molecule has 0 unspecified atom stereocenters. The molecule has 3 rings (SSSR count). The zero-order valence-corrected chi connectivity index (χ0v) is 18.2. The van der Waals surface area contributed by atoms with Crippen molar-refractivity contribution in [1.29, 1.82) is 0 Å². The van der Waals surface area contributed by atoms with Crippen LogP contribution in [-0.4, -0.2) is 61.4 Å². The summed E-state index contributed by atoms with van der Waals surface area (Å²) < 4.78 is 11.1. The maximum absolute atomic E-state index is 13.1. The summed E-state index contributed by atoms with van der Waals surface area (Å²) in [5.41, 5.74) is -1.00. The first-order chi connectivity index (χ1) is 12.9. The number of aliphatic hydroxyl groups is 1. The Balaban J connectivity index is 0.00000280. The predicted octanol–water partition coefficient (Wildman–Crippen LogP) is -0.996. The highest BCUT2D eigenvalue weighted by Crippen LogP contribution is 2.42. The van der Waals surface area contributed by atoms with Crippen molar-refractivity contribution in [2.24, 2.45) is 5.92 Å². The van der Waals surface area contributed by atoms with E-state index in [4.69, 9.17) is 9.47 Å². The molecular weight excluding hydrogens is 426 g/mol. The number of carbonyl (C=O) groups is 2. The maximum atomic E-state index is 13.1. The Labute approximate surface area is 177 Å². The summed E-state index contributed by atoms with van der Waals surface area (Å²) in [6.07, 6.45) is 4.05. The Kier molecular flexibility index (Phi) is 7.65. The van der Waals surface area contributed by atoms with Crippen LogP contribution in [0.3, 0.4) is 0 Å². The van der Waals surface area contributed by atoms with Crippen LogP contribution in [-0.2, 0) is 24.7 Å². The Morgan fingerprint density at radius 3 is 2.43 bits per heavy atom. The number of quaternary nitrogens is 1. The van der Waals surface area contributed by atoms with Gasteiger partial charge < -0.3 is 36.0 Å². The number of nitrogens with zero attached hydrogens (tertiary/aromatic N) is 1. The van der Waals surface area contributed by atoms with Crippen LogP contribution >= 0.6 is 0 Å². The third-order valence-electron chi connectivity index (χ3n) is 6.12. The Morgan fingerprint density at radius 1 is 1.18 bits per heavy atom. The van der Waals surface area contributed by atoms with Crippen LogP contribution in [0.4, 0.5) is 0 Å². The highest BCUT2D eigenvalue weighted by Gasteiger charge is 2.49. The molecule has 0 amide bonds. The lowest BCUT2D eigenvalue weighted by molar-refractivity contribution is -0.891. The van der Waals surface area contributed by atoms with Crippen LogP contribution in [0.25, 0.3) is 0 Å². The van der Waals surface area contributed by atoms with Crippen molar-refractivity contribution >= 4 is 11.9 Å². The van der Waals surface area contributed by atoms with Gasteiger partial charge in [-0.25, -0.2) is 9.59 Å². The quantitative estimate of drug-likeness (QED) is 0.440. The number of hydrogen-bond donors (Lipinski definition) is 1. The van der Waals surface area contributed by atoms with E-state index in [0.717, 1.165) is 32.2 Å². The molecule has 1 aliphatic carbocycles. The van der Waals surface area contributed by atoms with Gasteiger partial charge in [0.05, 0.1) is 20.7 Å². The number of hydrogen-bond acceptors (Lipinski definition) is 5. The number of halogens is 1. The van der Waals surface area contributed by atoms with Gasteiger partial charge in [-0.05, 0) is 18.4 Å². The topological polar surface area (TPSA) is 72.8 Å². The van der Waals surface area contributed by atoms with Crippen molar-refractivity contribution in [3.8, 4) is 0 Å². The largest absolute Gasteiger partial charge is 1.00 e. The standard InChI is InChI=1S/C21H30NO5.BrH/c1-22(15-19(23)26-2)13-12-18(14-22)27-20(24)21(25,17-10-6-7-11-17)16-8-4-3-5-9-16;/h3-5,8-9,17-18,25H,6-7,10-15H2,1-2H3;1H/q+1;/p-1/t18-,21+,22-;/m0./s1. The van der Waals surface area contributed by atoms with E-state index < -0.39 is 11.6 Å². The third kappa shape index (κ3) is 4.75. The van der Waals surface area contributed by atoms with Gasteiger partial charge >= 0.3 is 11.9 Å². The zero-order chi connectivity index (χ0) is 19.5. The lowest BCUT2D eigenvalue weighted by atomic mass is 9.80. The normalized spacial score (nSPS) is 26.9. The first kappa shape index (κ1) is 22.8. The number of benzene rings is 1. The van der Waals surface area contributed by atoms with Crippen LogP contribution < -0.4 is 17.0 Å². The van der Waals surface area contributed by atoms with Crippen molar-refractivity contribution in [3.63, 3.8) is 0 Å². The van der Waals surface area contributed by atoms with E-state index in [1.54, 1.807) is 12.1 Å². The summed E-state index contributed by atoms with van der Waals surface area (Å²) >= 11 is 0. The summed E-state index contributed by atoms with van der Waals surface area (Å²) in [7, 11) is 3.34. The molecule has 1 saturated carbocycles. The van der Waals surface area contributed by atoms with Gasteiger partial charge in [-0.1, -0.05) is 43.2 Å². The molecule has 2 fully saturated rings. The molecule has 1 aromatic carbocycles. The van der Waals surface area contributed by atoms with E-state index in [1.807, 2.05) is 25.2 Å². The molecule has 1 saturated heterocycles. The van der Waals surface area contributed by atoms with Gasteiger partial charge in [0.2, 0.25) is 0 Å². The molecule has 0 aromatic heterocycles. The summed E-state index contributed by atoms with van der Waals surface area (Å²) in [4.78, 5) is 24.8. The molecule has 0 bridgehead atoms. The molecule has 1 aliphatic heterocycles. The molecule has 0 spiro atoms. The molecule has 1 N–H and O–H groups in total. The first-order valence-electron chi connectivity index (χ1n) is 9.77. The first-order valence-corrected chi connectivity index (χ1v) is 9.77. The molecular formula is C21H30BrNO5. The van der Waals surface area contributed by atoms with Gasteiger partial charge in [0.1, 0.15) is 6.54 Å². The summed E-state index contributed by atoms with van der Waals surface area (Å²) in [5.74, 6) is -0.946. The second kappa shape index (κ2) is 9.37. The van der Waals surface area contributed by atoms with Crippen LogP contribution in [0.2, 0.25) is 0 Å². The minimum absolute atomic E-state index is 0. The van der Waals surface area contributed by atoms with E-state index in [0.29, 0.717) is 23.0 Å². The van der Waals surface area contributed by atoms with Crippen LogP contribution in [0.5, 0.6) is 0 Å². The van der Waals surface area contributed by atoms with Crippen LogP contribution in [0, 0.1) is 5.92 Å². The molecule has 1 heterocycles. The van der Waals surface area contributed by atoms with Crippen molar-refractivity contribution in [3.05, 3.63) is 35.9 Å². The average Bonchev–Trinajstić information content (AvgIpc) is 3.32. The average molecular weight is 456 g/mol. The predicted molar refractivity (Wildman–Crippen MR) is 99.6 cm³/mol. The molecule has 1 aromatic rings. The van der Waals surface area contributed by atoms with Crippen LogP contribution in [0.1, 0.15) is 37.7 Å². The number of ether oxygens (including phenoxy) is 2. The van der Waals surface area contributed by atoms with Gasteiger partial charge in [-0.3, -0.25) is 0 Å². The second-order valence-corrected chi connectivity index (χ2v) is 8.19. The fourth-order valence-electron chi connectivity index (χ4n) is 4.54. The van der Waals surface area contributed by atoms with Crippen molar-refractivity contribution in [2.45, 2.75) is 43.8 Å². The van der Waals surface area contributed by atoms with Crippen molar-refractivity contribution < 1.29 is 45.6 Å². The molecule has 0 radical (unpaired) electrons. The number of rotatable bonds is 6. The number of likely N-dealkylation sites (tertiary alicyclic amines) is 1. The number of carbonyl (C=O) groups excluding carboxylic acids is 2. The Bertz CT molecular complexity index is 679. The monoisotopic (exact) mass is 455 g/mol. The van der Waals surface area contributed by atoms with Crippen LogP contribution in [0.15, 0.2) is 30.3 Å². The smallest absolute Gasteiger partial charge is 0.361 e. The molecule has 3 atom stereocenters. The fourth-order valence-corrected chi connectivity index (χ4v) is 4.54. The zero-order valence-electron chi connectivity index (χ0n) is 16.6. The molecule has 6 nitrogen and oxygen atoms in total. The van der Waals surface area contributed by atoms with E-state index >= 15 is 0 Å². The minimum Gasteiger partial charge on any atom is -1.00 e. The summed E-state index contributed by atoms with van der Waals surface area (Å²) in [6, 6.07) is 9.14. The van der Waals surface area contributed by atoms with Crippen molar-refractivity contribution in [2.75, 3.05) is 33.8 Å². The fraction of sp³-hybridized carbons (Fsp3) is 0.619. The van der Waals surface area contributed by atoms with E-state index in [9.17, 15) is 14.7 Å². The maximum Gasteiger partial charge on any atom is 0.361 e. The number of likely N-dealkylation sites (N-methyl/N-ethyl adjacent to an activating group) is 1. The molecule has 28 heavy (non-hydrogen) atoms. The lowest BCUT2D eigenvalue weighted by Gasteiger charge is -2.33. The summed E-state index contributed by atoms with van der Waals surface area (Å²) in [6.45, 7) is 1.55. The lowest BCUT2D eigenvalue weighted by Crippen LogP contribution is -3.00. The number of esters is 2. The van der Waals surface area contributed by atoms with Gasteiger partial charge in [0, 0.05) is 12.3 Å². The van der Waals surface area contributed by atoms with E-state index in [2.05, 4.69) is 0 Å². The summed E-state index contributed by atoms with van der Waals surface area (Å²) in [5, 5.41) is 11.5. The highest BCUT2D eigenvalue weighted by atomic mass is 79.9.